The van der Waals surface area contributed by atoms with Crippen LogP contribution in [0.2, 0.25) is 0 Å². The summed E-state index contributed by atoms with van der Waals surface area (Å²) in [5, 5.41) is 14.5. The monoisotopic (exact) mass is 369 g/mol. The van der Waals surface area contributed by atoms with E-state index in [2.05, 4.69) is 41.9 Å². The quantitative estimate of drug-likeness (QED) is 0.825. The highest BCUT2D eigenvalue weighted by Crippen LogP contribution is 2.35. The highest BCUT2D eigenvalue weighted by molar-refractivity contribution is 9.10. The van der Waals surface area contributed by atoms with Crippen molar-refractivity contribution in [1.29, 1.82) is 0 Å². The zero-order chi connectivity index (χ0) is 15.6. The predicted octanol–water partition coefficient (Wildman–Crippen LogP) is 4.98. The number of aryl methyl sites for hydroxylation is 1. The van der Waals surface area contributed by atoms with Gasteiger partial charge in [0.05, 0.1) is 17.4 Å². The molecule has 0 aliphatic carbocycles. The van der Waals surface area contributed by atoms with Crippen molar-refractivity contribution in [3.8, 4) is 11.3 Å². The molecule has 1 aromatic carbocycles. The Kier molecular flexibility index (Phi) is 5.17. The normalized spacial score (nSPS) is 13.4. The average molecular weight is 370 g/mol. The van der Waals surface area contributed by atoms with Crippen LogP contribution in [0.15, 0.2) is 33.3 Å². The van der Waals surface area contributed by atoms with E-state index in [4.69, 9.17) is 4.52 Å². The van der Waals surface area contributed by atoms with Crippen LogP contribution in [0.1, 0.15) is 38.1 Å². The van der Waals surface area contributed by atoms with Crippen LogP contribution in [0.5, 0.6) is 0 Å². The Bertz CT molecular complexity index is 602. The smallest absolute Gasteiger partial charge is 0.172 e. The first kappa shape index (κ1) is 16.6. The molecule has 1 atom stereocenters. The molecule has 1 N–H and O–H groups in total. The van der Waals surface area contributed by atoms with Gasteiger partial charge in [0, 0.05) is 20.5 Å². The van der Waals surface area contributed by atoms with E-state index < -0.39 is 6.10 Å². The summed E-state index contributed by atoms with van der Waals surface area (Å²) in [6.45, 7) is 8.29. The largest absolute Gasteiger partial charge is 0.387 e. The molecule has 1 heterocycles. The van der Waals surface area contributed by atoms with E-state index in [9.17, 15) is 5.11 Å². The lowest BCUT2D eigenvalue weighted by Crippen LogP contribution is -2.12. The summed E-state index contributed by atoms with van der Waals surface area (Å²) < 4.78 is 6.56. The Morgan fingerprint density at radius 2 is 1.90 bits per heavy atom. The maximum Gasteiger partial charge on any atom is 0.172 e. The molecule has 0 amide bonds. The fraction of sp³-hybridized carbons (Fsp3) is 0.438. The Labute approximate surface area is 138 Å². The Morgan fingerprint density at radius 1 is 1.29 bits per heavy atom. The molecule has 0 saturated heterocycles. The van der Waals surface area contributed by atoms with Crippen LogP contribution in [-0.2, 0) is 0 Å². The van der Waals surface area contributed by atoms with Crippen molar-refractivity contribution in [2.75, 3.05) is 5.75 Å². The summed E-state index contributed by atoms with van der Waals surface area (Å²) in [5.74, 6) is 1.27. The summed E-state index contributed by atoms with van der Waals surface area (Å²) in [6, 6.07) is 7.81. The molecular formula is C16H20BrNO2S. The molecule has 114 valence electrons. The van der Waals surface area contributed by atoms with Gasteiger partial charge in [0.15, 0.2) is 5.76 Å². The third kappa shape index (κ3) is 4.34. The molecule has 1 aromatic heterocycles. The van der Waals surface area contributed by atoms with Gasteiger partial charge in [-0.3, -0.25) is 0 Å². The van der Waals surface area contributed by atoms with Crippen LogP contribution in [-0.4, -0.2) is 20.8 Å². The first-order valence-corrected chi connectivity index (χ1v) is 8.60. The van der Waals surface area contributed by atoms with E-state index in [0.29, 0.717) is 11.5 Å². The van der Waals surface area contributed by atoms with Gasteiger partial charge in [0.2, 0.25) is 0 Å². The molecule has 3 nitrogen and oxygen atoms in total. The number of aromatic nitrogens is 1. The van der Waals surface area contributed by atoms with Crippen LogP contribution < -0.4 is 0 Å². The number of benzene rings is 1. The second kappa shape index (κ2) is 6.55. The van der Waals surface area contributed by atoms with Gasteiger partial charge in [-0.25, -0.2) is 0 Å². The standard InChI is InChI=1S/C16H20BrNO2S/c1-10-14(13(19)9-21-16(2,3)4)15(20-18-10)11-5-7-12(17)8-6-11/h5-8,13,19H,9H2,1-4H3. The minimum atomic E-state index is -0.584. The second-order valence-electron chi connectivity index (χ2n) is 5.96. The zero-order valence-corrected chi connectivity index (χ0v) is 15.1. The molecule has 5 heteroatoms. The molecular weight excluding hydrogens is 350 g/mol. The van der Waals surface area contributed by atoms with Crippen LogP contribution >= 0.6 is 27.7 Å². The molecule has 0 radical (unpaired) electrons. The number of aliphatic hydroxyl groups excluding tert-OH is 1. The molecule has 1 unspecified atom stereocenters. The van der Waals surface area contributed by atoms with Crippen LogP contribution in [0.4, 0.5) is 0 Å². The van der Waals surface area contributed by atoms with Gasteiger partial charge in [0.1, 0.15) is 0 Å². The number of thioether (sulfide) groups is 1. The van der Waals surface area contributed by atoms with Crippen molar-refractivity contribution < 1.29 is 9.63 Å². The molecule has 0 spiro atoms. The maximum absolute atomic E-state index is 10.5. The summed E-state index contributed by atoms with van der Waals surface area (Å²) in [7, 11) is 0. The number of nitrogens with zero attached hydrogens (tertiary/aromatic N) is 1. The van der Waals surface area contributed by atoms with Gasteiger partial charge in [-0.2, -0.15) is 11.8 Å². The number of hydrogen-bond donors (Lipinski definition) is 1. The fourth-order valence-corrected chi connectivity index (χ4v) is 3.08. The molecule has 0 bridgehead atoms. The summed E-state index contributed by atoms with van der Waals surface area (Å²) in [6.07, 6.45) is -0.584. The van der Waals surface area contributed by atoms with Crippen molar-refractivity contribution in [2.45, 2.75) is 38.5 Å². The lowest BCUT2D eigenvalue weighted by Gasteiger charge is -2.20. The predicted molar refractivity (Wildman–Crippen MR) is 91.5 cm³/mol. The minimum absolute atomic E-state index is 0.115. The Balaban J connectivity index is 2.27. The van der Waals surface area contributed by atoms with E-state index in [-0.39, 0.29) is 4.75 Å². The fourth-order valence-electron chi connectivity index (χ4n) is 1.99. The lowest BCUT2D eigenvalue weighted by atomic mass is 10.0. The third-order valence-corrected chi connectivity index (χ3v) is 4.90. The highest BCUT2D eigenvalue weighted by Gasteiger charge is 2.24. The number of rotatable bonds is 4. The Hall–Kier alpha value is -0.780. The average Bonchev–Trinajstić information content (AvgIpc) is 2.78. The minimum Gasteiger partial charge on any atom is -0.387 e. The van der Waals surface area contributed by atoms with Gasteiger partial charge in [0.25, 0.3) is 0 Å². The van der Waals surface area contributed by atoms with Gasteiger partial charge in [-0.15, -0.1) is 0 Å². The molecule has 0 fully saturated rings. The van der Waals surface area contributed by atoms with E-state index >= 15 is 0 Å². The number of hydrogen-bond acceptors (Lipinski definition) is 4. The van der Waals surface area contributed by atoms with E-state index in [1.54, 1.807) is 11.8 Å². The van der Waals surface area contributed by atoms with Crippen LogP contribution in [0.25, 0.3) is 11.3 Å². The van der Waals surface area contributed by atoms with Gasteiger partial charge >= 0.3 is 0 Å². The van der Waals surface area contributed by atoms with Gasteiger partial charge in [-0.1, -0.05) is 54.0 Å². The third-order valence-electron chi connectivity index (χ3n) is 3.02. The topological polar surface area (TPSA) is 46.3 Å². The van der Waals surface area contributed by atoms with Crippen molar-refractivity contribution >= 4 is 27.7 Å². The molecule has 2 rings (SSSR count). The van der Waals surface area contributed by atoms with Gasteiger partial charge in [-0.05, 0) is 19.1 Å². The highest BCUT2D eigenvalue weighted by atomic mass is 79.9. The summed E-state index contributed by atoms with van der Waals surface area (Å²) in [5.41, 5.74) is 2.46. The summed E-state index contributed by atoms with van der Waals surface area (Å²) in [4.78, 5) is 0. The van der Waals surface area contributed by atoms with Crippen molar-refractivity contribution in [2.24, 2.45) is 0 Å². The zero-order valence-electron chi connectivity index (χ0n) is 12.7. The van der Waals surface area contributed by atoms with Crippen molar-refractivity contribution in [1.82, 2.24) is 5.16 Å². The van der Waals surface area contributed by atoms with E-state index in [0.717, 1.165) is 21.3 Å². The molecule has 21 heavy (non-hydrogen) atoms. The van der Waals surface area contributed by atoms with E-state index in [1.807, 2.05) is 31.2 Å². The van der Waals surface area contributed by atoms with Crippen molar-refractivity contribution in [3.63, 3.8) is 0 Å². The van der Waals surface area contributed by atoms with Gasteiger partial charge < -0.3 is 9.63 Å². The molecule has 0 aliphatic rings. The Morgan fingerprint density at radius 3 is 2.48 bits per heavy atom. The lowest BCUT2D eigenvalue weighted by molar-refractivity contribution is 0.203. The van der Waals surface area contributed by atoms with Crippen molar-refractivity contribution in [3.05, 3.63) is 40.0 Å². The van der Waals surface area contributed by atoms with Crippen LogP contribution in [0.3, 0.4) is 0 Å². The van der Waals surface area contributed by atoms with E-state index in [1.165, 1.54) is 0 Å². The molecule has 0 aliphatic heterocycles. The molecule has 0 saturated carbocycles. The molecule has 2 aromatic rings. The number of aliphatic hydroxyl groups is 1. The second-order valence-corrected chi connectivity index (χ2v) is 8.72. The van der Waals surface area contributed by atoms with Crippen LogP contribution in [0, 0.1) is 6.92 Å². The first-order chi connectivity index (χ1) is 9.78. The number of halogens is 1. The first-order valence-electron chi connectivity index (χ1n) is 6.82. The SMILES string of the molecule is Cc1noc(-c2ccc(Br)cc2)c1C(O)CSC(C)(C)C. The summed E-state index contributed by atoms with van der Waals surface area (Å²) >= 11 is 5.15. The maximum atomic E-state index is 10.5.